The van der Waals surface area contributed by atoms with Crippen molar-refractivity contribution in [1.82, 2.24) is 30.0 Å². The first-order valence-corrected chi connectivity index (χ1v) is 6.60. The summed E-state index contributed by atoms with van der Waals surface area (Å²) in [6, 6.07) is 5.53. The minimum absolute atomic E-state index is 0.0564. The van der Waals surface area contributed by atoms with Crippen molar-refractivity contribution in [3.8, 4) is 11.3 Å². The average molecular weight is 358 g/mol. The number of halogens is 5. The number of carbonyl (C=O) groups is 1. The molecule has 0 fully saturated rings. The molecule has 25 heavy (non-hydrogen) atoms. The molecule has 0 amide bonds. The SMILES string of the molecule is O=C(n1ccnn1)n1nnc(-c2ccccc2)c1C(F)(F)C(F)(F)F. The van der Waals surface area contributed by atoms with Gasteiger partial charge in [0.25, 0.3) is 0 Å². The first-order valence-electron chi connectivity index (χ1n) is 6.60. The van der Waals surface area contributed by atoms with Gasteiger partial charge >= 0.3 is 18.1 Å². The Hall–Kier alpha value is -3.18. The van der Waals surface area contributed by atoms with E-state index in [1.54, 1.807) is 0 Å². The van der Waals surface area contributed by atoms with E-state index < -0.39 is 29.5 Å². The van der Waals surface area contributed by atoms with Gasteiger partial charge in [0.05, 0.1) is 12.4 Å². The van der Waals surface area contributed by atoms with Crippen LogP contribution >= 0.6 is 0 Å². The van der Waals surface area contributed by atoms with Gasteiger partial charge in [0, 0.05) is 5.56 Å². The average Bonchev–Trinajstić information content (AvgIpc) is 3.24. The molecule has 2 heterocycles. The molecule has 0 bridgehead atoms. The monoisotopic (exact) mass is 358 g/mol. The lowest BCUT2D eigenvalue weighted by molar-refractivity contribution is -0.291. The highest BCUT2D eigenvalue weighted by atomic mass is 19.4. The summed E-state index contributed by atoms with van der Waals surface area (Å²) in [5.74, 6) is -5.38. The second kappa shape index (κ2) is 5.72. The van der Waals surface area contributed by atoms with E-state index in [1.165, 1.54) is 30.3 Å². The van der Waals surface area contributed by atoms with Crippen LogP contribution < -0.4 is 0 Å². The van der Waals surface area contributed by atoms with Gasteiger partial charge in [0.1, 0.15) is 5.69 Å². The highest BCUT2D eigenvalue weighted by molar-refractivity contribution is 5.80. The number of rotatable bonds is 2. The molecule has 0 radical (unpaired) electrons. The van der Waals surface area contributed by atoms with Crippen molar-refractivity contribution in [2.45, 2.75) is 12.1 Å². The van der Waals surface area contributed by atoms with E-state index in [2.05, 4.69) is 20.6 Å². The maximum atomic E-state index is 14.1. The normalized spacial score (nSPS) is 12.4. The van der Waals surface area contributed by atoms with Gasteiger partial charge in [-0.1, -0.05) is 40.8 Å². The van der Waals surface area contributed by atoms with Gasteiger partial charge in [-0.15, -0.1) is 10.2 Å². The fraction of sp³-hybridized carbons (Fsp3) is 0.154. The van der Waals surface area contributed by atoms with Crippen LogP contribution in [0.5, 0.6) is 0 Å². The van der Waals surface area contributed by atoms with E-state index in [1.807, 2.05) is 0 Å². The zero-order chi connectivity index (χ0) is 18.2. The number of alkyl halides is 5. The fourth-order valence-electron chi connectivity index (χ4n) is 2.03. The minimum Gasteiger partial charge on any atom is -0.243 e. The van der Waals surface area contributed by atoms with Crippen LogP contribution in [0.1, 0.15) is 5.69 Å². The minimum atomic E-state index is -5.96. The number of aromatic nitrogens is 6. The van der Waals surface area contributed by atoms with E-state index in [0.717, 1.165) is 12.4 Å². The van der Waals surface area contributed by atoms with Gasteiger partial charge in [0.15, 0.2) is 5.69 Å². The van der Waals surface area contributed by atoms with E-state index in [0.29, 0.717) is 4.68 Å². The van der Waals surface area contributed by atoms with Crippen LogP contribution in [0.3, 0.4) is 0 Å². The number of hydrogen-bond acceptors (Lipinski definition) is 5. The predicted octanol–water partition coefficient (Wildman–Crippen LogP) is 2.71. The second-order valence-electron chi connectivity index (χ2n) is 4.77. The van der Waals surface area contributed by atoms with Crippen molar-refractivity contribution in [2.24, 2.45) is 0 Å². The molecule has 1 aromatic carbocycles. The lowest BCUT2D eigenvalue weighted by Gasteiger charge is -2.20. The molecule has 0 aliphatic heterocycles. The van der Waals surface area contributed by atoms with Crippen LogP contribution in [0.4, 0.5) is 26.7 Å². The van der Waals surface area contributed by atoms with E-state index in [9.17, 15) is 26.7 Å². The summed E-state index contributed by atoms with van der Waals surface area (Å²) in [5, 5.41) is 13.1. The van der Waals surface area contributed by atoms with Crippen LogP contribution in [0.2, 0.25) is 0 Å². The van der Waals surface area contributed by atoms with Gasteiger partial charge in [-0.2, -0.15) is 31.3 Å². The molecule has 3 rings (SSSR count). The summed E-state index contributed by atoms with van der Waals surface area (Å²) >= 11 is 0. The van der Waals surface area contributed by atoms with Crippen molar-refractivity contribution in [3.05, 3.63) is 48.4 Å². The summed E-state index contributed by atoms with van der Waals surface area (Å²) in [7, 11) is 0. The summed E-state index contributed by atoms with van der Waals surface area (Å²) < 4.78 is 67.2. The van der Waals surface area contributed by atoms with Crippen LogP contribution in [0.25, 0.3) is 11.3 Å². The smallest absolute Gasteiger partial charge is 0.243 e. The summed E-state index contributed by atoms with van der Waals surface area (Å²) in [6.45, 7) is 0. The second-order valence-corrected chi connectivity index (χ2v) is 4.77. The van der Waals surface area contributed by atoms with Gasteiger partial charge in [0.2, 0.25) is 0 Å². The van der Waals surface area contributed by atoms with Gasteiger partial charge < -0.3 is 0 Å². The Bertz CT molecular complexity index is 888. The maximum Gasteiger partial charge on any atom is 0.459 e. The molecule has 0 unspecified atom stereocenters. The van der Waals surface area contributed by atoms with E-state index in [4.69, 9.17) is 0 Å². The summed E-state index contributed by atoms with van der Waals surface area (Å²) in [6.07, 6.45) is -3.94. The van der Waals surface area contributed by atoms with Crippen molar-refractivity contribution in [3.63, 3.8) is 0 Å². The molecule has 0 aliphatic rings. The molecule has 7 nitrogen and oxygen atoms in total. The highest BCUT2D eigenvalue weighted by Gasteiger charge is 2.62. The number of benzene rings is 1. The third-order valence-electron chi connectivity index (χ3n) is 3.17. The van der Waals surface area contributed by atoms with Crippen molar-refractivity contribution in [1.29, 1.82) is 0 Å². The van der Waals surface area contributed by atoms with E-state index >= 15 is 0 Å². The van der Waals surface area contributed by atoms with Crippen molar-refractivity contribution < 1.29 is 26.7 Å². The molecule has 0 atom stereocenters. The van der Waals surface area contributed by atoms with Crippen molar-refractivity contribution >= 4 is 6.03 Å². The molecule has 2 aromatic heterocycles. The van der Waals surface area contributed by atoms with E-state index in [-0.39, 0.29) is 10.2 Å². The quantitative estimate of drug-likeness (QED) is 0.658. The maximum absolute atomic E-state index is 14.1. The fourth-order valence-corrected chi connectivity index (χ4v) is 2.03. The van der Waals surface area contributed by atoms with Crippen molar-refractivity contribution in [2.75, 3.05) is 0 Å². The topological polar surface area (TPSA) is 78.5 Å². The zero-order valence-electron chi connectivity index (χ0n) is 12.0. The third kappa shape index (κ3) is 2.75. The number of carbonyl (C=O) groups excluding carboxylic acids is 1. The molecule has 0 saturated carbocycles. The Kier molecular flexibility index (Phi) is 3.81. The summed E-state index contributed by atoms with van der Waals surface area (Å²) in [4.78, 5) is 12.2. The van der Waals surface area contributed by atoms with Crippen LogP contribution in [0.15, 0.2) is 42.7 Å². The molecule has 0 spiro atoms. The Labute approximate surface area is 135 Å². The highest BCUT2D eigenvalue weighted by Crippen LogP contribution is 2.46. The lowest BCUT2D eigenvalue weighted by atomic mass is 10.1. The Morgan fingerprint density at radius 3 is 2.24 bits per heavy atom. The molecule has 0 N–H and O–H groups in total. The first-order chi connectivity index (χ1) is 11.7. The molecular weight excluding hydrogens is 351 g/mol. The number of nitrogens with zero attached hydrogens (tertiary/aromatic N) is 6. The van der Waals surface area contributed by atoms with Gasteiger partial charge in [-0.05, 0) is 0 Å². The molecular formula is C13H7F5N6O. The van der Waals surface area contributed by atoms with Crippen LogP contribution in [-0.4, -0.2) is 42.2 Å². The Morgan fingerprint density at radius 1 is 1.00 bits per heavy atom. The Morgan fingerprint density at radius 2 is 1.68 bits per heavy atom. The summed E-state index contributed by atoms with van der Waals surface area (Å²) in [5.41, 5.74) is -2.53. The molecule has 0 aliphatic carbocycles. The van der Waals surface area contributed by atoms with Gasteiger partial charge in [-0.3, -0.25) is 0 Å². The van der Waals surface area contributed by atoms with Gasteiger partial charge in [-0.25, -0.2) is 4.79 Å². The van der Waals surface area contributed by atoms with Crippen LogP contribution in [0, 0.1) is 0 Å². The molecule has 12 heteroatoms. The third-order valence-corrected chi connectivity index (χ3v) is 3.17. The molecule has 0 saturated heterocycles. The van der Waals surface area contributed by atoms with Crippen LogP contribution in [-0.2, 0) is 5.92 Å². The lowest BCUT2D eigenvalue weighted by Crippen LogP contribution is -2.38. The predicted molar refractivity (Wildman–Crippen MR) is 71.6 cm³/mol. The standard InChI is InChI=1S/C13H7F5N6O/c14-12(15,13(16,17)18)10-9(8-4-2-1-3-5-8)20-22-24(10)11(25)23-7-6-19-21-23/h1-7H. The Balaban J connectivity index is 2.24. The zero-order valence-corrected chi connectivity index (χ0v) is 12.0. The first kappa shape index (κ1) is 16.7. The largest absolute Gasteiger partial charge is 0.459 e. The molecule has 130 valence electrons. The number of hydrogen-bond donors (Lipinski definition) is 0. The molecule has 3 aromatic rings.